The summed E-state index contributed by atoms with van der Waals surface area (Å²) in [5, 5.41) is 2.96. The molecule has 0 saturated heterocycles. The Morgan fingerprint density at radius 2 is 1.92 bits per heavy atom. The van der Waals surface area contributed by atoms with Gasteiger partial charge in [-0.15, -0.1) is 0 Å². The highest BCUT2D eigenvalue weighted by atomic mass is 19.3. The van der Waals surface area contributed by atoms with Crippen molar-refractivity contribution in [1.82, 2.24) is 19.4 Å². The Balaban J connectivity index is 1.48. The van der Waals surface area contributed by atoms with Gasteiger partial charge in [0.15, 0.2) is 5.65 Å². The van der Waals surface area contributed by atoms with Crippen LogP contribution in [-0.2, 0) is 24.8 Å². The number of nitrogens with zero attached hydrogens (tertiary/aromatic N) is 4. The van der Waals surface area contributed by atoms with Gasteiger partial charge in [-0.2, -0.15) is 0 Å². The van der Waals surface area contributed by atoms with Crippen molar-refractivity contribution in [3.05, 3.63) is 52.4 Å². The molecule has 2 aromatic heterocycles. The number of ether oxygens (including phenoxy) is 1. The lowest BCUT2D eigenvalue weighted by molar-refractivity contribution is 0.0504. The molecule has 0 spiro atoms. The number of alkyl halides is 2. The van der Waals surface area contributed by atoms with E-state index in [1.54, 1.807) is 19.2 Å². The van der Waals surface area contributed by atoms with Crippen LogP contribution in [0.25, 0.3) is 11.2 Å². The Morgan fingerprint density at radius 1 is 1.22 bits per heavy atom. The lowest BCUT2D eigenvalue weighted by atomic mass is 9.98. The van der Waals surface area contributed by atoms with Crippen LogP contribution >= 0.6 is 0 Å². The molecule has 3 heterocycles. The molecule has 36 heavy (non-hydrogen) atoms. The fraction of sp³-hybridized carbons (Fsp3) is 0.500. The van der Waals surface area contributed by atoms with Gasteiger partial charge in [0.05, 0.1) is 17.0 Å². The maximum Gasteiger partial charge on any atom is 0.407 e. The van der Waals surface area contributed by atoms with Gasteiger partial charge in [0.2, 0.25) is 0 Å². The molecule has 1 aliphatic carbocycles. The molecule has 2 aliphatic rings. The highest BCUT2D eigenvalue weighted by Gasteiger charge is 2.68. The first-order valence-corrected chi connectivity index (χ1v) is 12.1. The maximum atomic E-state index is 13.9. The Morgan fingerprint density at radius 3 is 2.58 bits per heavy atom. The van der Waals surface area contributed by atoms with Gasteiger partial charge in [-0.3, -0.25) is 9.13 Å². The molecule has 2 atom stereocenters. The molecular weight excluding hydrogens is 468 g/mol. The van der Waals surface area contributed by atoms with Gasteiger partial charge in [0, 0.05) is 32.2 Å². The van der Waals surface area contributed by atoms with E-state index >= 15 is 0 Å². The van der Waals surface area contributed by atoms with Crippen molar-refractivity contribution in [2.75, 3.05) is 11.4 Å². The minimum atomic E-state index is -2.77. The van der Waals surface area contributed by atoms with Gasteiger partial charge in [0.1, 0.15) is 11.4 Å². The van der Waals surface area contributed by atoms with Gasteiger partial charge in [-0.05, 0) is 51.0 Å². The summed E-state index contributed by atoms with van der Waals surface area (Å²) in [5.74, 6) is -2.17. The summed E-state index contributed by atoms with van der Waals surface area (Å²) in [6.07, 6.45) is -0.0825. The number of benzene rings is 1. The number of imidazole rings is 1. The Hall–Kier alpha value is -3.43. The molecule has 1 aromatic carbocycles. The fourth-order valence-electron chi connectivity index (χ4n) is 4.92. The van der Waals surface area contributed by atoms with E-state index in [0.29, 0.717) is 29.9 Å². The molecule has 1 N–H and O–H groups in total. The van der Waals surface area contributed by atoms with Crippen molar-refractivity contribution in [3.8, 4) is 0 Å². The number of amides is 1. The number of halogens is 2. The number of fused-ring (bicyclic) bond motifs is 2. The minimum absolute atomic E-state index is 0.0639. The molecule has 1 fully saturated rings. The maximum absolute atomic E-state index is 13.9. The zero-order valence-electron chi connectivity index (χ0n) is 21.1. The van der Waals surface area contributed by atoms with Crippen molar-refractivity contribution in [3.63, 3.8) is 0 Å². The highest BCUT2D eigenvalue weighted by Crippen LogP contribution is 2.61. The Kier molecular flexibility index (Phi) is 5.42. The standard InChI is InChI=1S/C26H31F2N5O3/c1-24(2,3)36-22(34)29-17-12-16-8-6-7-9-18(16)32(13-17)20-11-10-19-21(30-20)31(5)23(35)33(19)15-25(4)14-26(25,27)28/h6-11,17H,12-15H2,1-5H3,(H,29,34). The van der Waals surface area contributed by atoms with Crippen LogP contribution in [0.1, 0.15) is 39.7 Å². The highest BCUT2D eigenvalue weighted by molar-refractivity contribution is 5.77. The first-order chi connectivity index (χ1) is 16.8. The molecule has 8 nitrogen and oxygen atoms in total. The van der Waals surface area contributed by atoms with Gasteiger partial charge in [0.25, 0.3) is 5.92 Å². The quantitative estimate of drug-likeness (QED) is 0.577. The summed E-state index contributed by atoms with van der Waals surface area (Å²) in [6, 6.07) is 11.2. The monoisotopic (exact) mass is 499 g/mol. The van der Waals surface area contributed by atoms with Crippen LogP contribution in [0.5, 0.6) is 0 Å². The fourth-order valence-corrected chi connectivity index (χ4v) is 4.92. The lowest BCUT2D eigenvalue weighted by Gasteiger charge is -2.36. The van der Waals surface area contributed by atoms with Crippen molar-refractivity contribution in [2.24, 2.45) is 12.5 Å². The van der Waals surface area contributed by atoms with Crippen molar-refractivity contribution >= 4 is 28.8 Å². The van der Waals surface area contributed by atoms with E-state index in [2.05, 4.69) is 5.32 Å². The Labute approximate surface area is 207 Å². The summed E-state index contributed by atoms with van der Waals surface area (Å²) in [6.45, 7) is 7.34. The zero-order chi connectivity index (χ0) is 26.0. The number of alkyl carbamates (subject to hydrolysis) is 1. The average molecular weight is 500 g/mol. The van der Waals surface area contributed by atoms with Gasteiger partial charge in [-0.1, -0.05) is 25.1 Å². The summed E-state index contributed by atoms with van der Waals surface area (Å²) in [5.41, 5.74) is 0.734. The number of para-hydroxylation sites is 1. The number of nitrogens with one attached hydrogen (secondary N) is 1. The van der Waals surface area contributed by atoms with E-state index in [1.807, 2.05) is 49.9 Å². The number of carbonyl (C=O) groups excluding carboxylic acids is 1. The molecule has 1 aliphatic heterocycles. The molecule has 1 saturated carbocycles. The van der Waals surface area contributed by atoms with Crippen LogP contribution in [0.15, 0.2) is 41.2 Å². The molecule has 2 unspecified atom stereocenters. The molecule has 1 amide bonds. The van der Waals surface area contributed by atoms with Crippen LogP contribution in [-0.4, -0.2) is 44.3 Å². The van der Waals surface area contributed by atoms with Gasteiger partial charge in [-0.25, -0.2) is 23.4 Å². The number of aryl methyl sites for hydroxylation is 1. The van der Waals surface area contributed by atoms with E-state index in [9.17, 15) is 18.4 Å². The normalized spacial score (nSPS) is 22.9. The summed E-state index contributed by atoms with van der Waals surface area (Å²) < 4.78 is 36.0. The second-order valence-electron chi connectivity index (χ2n) is 11.2. The van der Waals surface area contributed by atoms with Crippen LogP contribution in [0, 0.1) is 5.41 Å². The third-order valence-corrected chi connectivity index (χ3v) is 6.99. The van der Waals surface area contributed by atoms with Crippen molar-refractivity contribution < 1.29 is 18.3 Å². The van der Waals surface area contributed by atoms with E-state index in [1.165, 1.54) is 16.1 Å². The molecule has 3 aromatic rings. The van der Waals surface area contributed by atoms with Gasteiger partial charge < -0.3 is 15.0 Å². The van der Waals surface area contributed by atoms with Crippen LogP contribution in [0.2, 0.25) is 0 Å². The number of aromatic nitrogens is 3. The molecular formula is C26H31F2N5O3. The third kappa shape index (κ3) is 4.22. The topological polar surface area (TPSA) is 81.4 Å². The SMILES string of the molecule is Cn1c(=O)n(CC2(C)CC2(F)F)c2ccc(N3CC(NC(=O)OC(C)(C)C)Cc4ccccc43)nc21. The van der Waals surface area contributed by atoms with Crippen molar-refractivity contribution in [1.29, 1.82) is 0 Å². The zero-order valence-corrected chi connectivity index (χ0v) is 21.1. The smallest absolute Gasteiger partial charge is 0.407 e. The second kappa shape index (κ2) is 8.04. The molecule has 0 bridgehead atoms. The predicted molar refractivity (Wildman–Crippen MR) is 133 cm³/mol. The molecule has 5 rings (SSSR count). The number of rotatable bonds is 4. The molecule has 0 radical (unpaired) electrons. The lowest BCUT2D eigenvalue weighted by Crippen LogP contribution is -2.48. The number of carbonyl (C=O) groups is 1. The second-order valence-corrected chi connectivity index (χ2v) is 11.2. The first kappa shape index (κ1) is 24.3. The summed E-state index contributed by atoms with van der Waals surface area (Å²) in [7, 11) is 1.60. The number of hydrogen-bond acceptors (Lipinski definition) is 5. The number of pyridine rings is 1. The van der Waals surface area contributed by atoms with Crippen LogP contribution in [0.4, 0.5) is 25.1 Å². The van der Waals surface area contributed by atoms with E-state index in [-0.39, 0.29) is 24.7 Å². The molecule has 10 heteroatoms. The predicted octanol–water partition coefficient (Wildman–Crippen LogP) is 4.37. The Bertz CT molecular complexity index is 1410. The largest absolute Gasteiger partial charge is 0.444 e. The van der Waals surface area contributed by atoms with Crippen LogP contribution < -0.4 is 15.9 Å². The summed E-state index contributed by atoms with van der Waals surface area (Å²) in [4.78, 5) is 32.2. The van der Waals surface area contributed by atoms with E-state index in [4.69, 9.17) is 9.72 Å². The molecule has 192 valence electrons. The number of anilines is 2. The third-order valence-electron chi connectivity index (χ3n) is 6.99. The first-order valence-electron chi connectivity index (χ1n) is 12.1. The van der Waals surface area contributed by atoms with Crippen molar-refractivity contribution in [2.45, 2.75) is 64.6 Å². The van der Waals surface area contributed by atoms with Gasteiger partial charge >= 0.3 is 11.8 Å². The van der Waals surface area contributed by atoms with E-state index in [0.717, 1.165) is 11.3 Å². The van der Waals surface area contributed by atoms with Crippen LogP contribution in [0.3, 0.4) is 0 Å². The van der Waals surface area contributed by atoms with E-state index < -0.39 is 23.0 Å². The minimum Gasteiger partial charge on any atom is -0.444 e. The number of hydrogen-bond donors (Lipinski definition) is 1. The summed E-state index contributed by atoms with van der Waals surface area (Å²) >= 11 is 0. The average Bonchev–Trinajstić information content (AvgIpc) is 3.21.